The van der Waals surface area contributed by atoms with E-state index in [1.54, 1.807) is 29.2 Å². The second-order valence-electron chi connectivity index (χ2n) is 4.10. The van der Waals surface area contributed by atoms with Gasteiger partial charge in [0.2, 0.25) is 0 Å². The number of hydrogen-bond donors (Lipinski definition) is 1. The SMILES string of the molecule is CCN(CCn1cc(N)cn1)c1cccc(F)c1. The molecule has 0 aliphatic rings. The summed E-state index contributed by atoms with van der Waals surface area (Å²) in [5.74, 6) is -0.214. The van der Waals surface area contributed by atoms with Gasteiger partial charge in [-0.1, -0.05) is 6.07 Å². The number of hydrogen-bond acceptors (Lipinski definition) is 3. The number of anilines is 2. The van der Waals surface area contributed by atoms with Crippen molar-refractivity contribution in [2.24, 2.45) is 0 Å². The summed E-state index contributed by atoms with van der Waals surface area (Å²) in [6, 6.07) is 6.62. The van der Waals surface area contributed by atoms with E-state index in [0.29, 0.717) is 5.69 Å². The third-order valence-electron chi connectivity index (χ3n) is 2.81. The molecule has 1 heterocycles. The lowest BCUT2D eigenvalue weighted by molar-refractivity contribution is 0.597. The first-order chi connectivity index (χ1) is 8.69. The summed E-state index contributed by atoms with van der Waals surface area (Å²) in [5, 5.41) is 4.12. The van der Waals surface area contributed by atoms with E-state index in [9.17, 15) is 4.39 Å². The summed E-state index contributed by atoms with van der Waals surface area (Å²) in [5.41, 5.74) is 7.14. The zero-order valence-corrected chi connectivity index (χ0v) is 10.4. The molecule has 0 amide bonds. The highest BCUT2D eigenvalue weighted by atomic mass is 19.1. The number of benzene rings is 1. The molecule has 0 radical (unpaired) electrons. The number of nitrogens with zero attached hydrogens (tertiary/aromatic N) is 3. The van der Waals surface area contributed by atoms with Crippen molar-refractivity contribution in [3.63, 3.8) is 0 Å². The third-order valence-corrected chi connectivity index (χ3v) is 2.81. The van der Waals surface area contributed by atoms with Crippen molar-refractivity contribution in [1.82, 2.24) is 9.78 Å². The van der Waals surface area contributed by atoms with Crippen LogP contribution >= 0.6 is 0 Å². The number of likely N-dealkylation sites (N-methyl/N-ethyl adjacent to an activating group) is 1. The van der Waals surface area contributed by atoms with Gasteiger partial charge in [0.25, 0.3) is 0 Å². The molecule has 5 heteroatoms. The normalized spacial score (nSPS) is 10.6. The maximum atomic E-state index is 13.2. The lowest BCUT2D eigenvalue weighted by Crippen LogP contribution is -2.27. The first-order valence-electron chi connectivity index (χ1n) is 5.97. The van der Waals surface area contributed by atoms with Crippen molar-refractivity contribution >= 4 is 11.4 Å². The van der Waals surface area contributed by atoms with Crippen LogP contribution in [0.5, 0.6) is 0 Å². The Hall–Kier alpha value is -2.04. The average Bonchev–Trinajstić information content (AvgIpc) is 2.76. The second-order valence-corrected chi connectivity index (χ2v) is 4.10. The Bertz CT molecular complexity index is 509. The van der Waals surface area contributed by atoms with E-state index < -0.39 is 0 Å². The Morgan fingerprint density at radius 1 is 1.44 bits per heavy atom. The fraction of sp³-hybridized carbons (Fsp3) is 0.308. The first kappa shape index (κ1) is 12.4. The van der Waals surface area contributed by atoms with Crippen LogP contribution in [-0.2, 0) is 6.54 Å². The van der Waals surface area contributed by atoms with Crippen LogP contribution in [0, 0.1) is 5.82 Å². The van der Waals surface area contributed by atoms with Crippen LogP contribution < -0.4 is 10.6 Å². The number of nitrogens with two attached hydrogens (primary N) is 1. The minimum absolute atomic E-state index is 0.214. The van der Waals surface area contributed by atoms with Crippen LogP contribution in [0.25, 0.3) is 0 Å². The Morgan fingerprint density at radius 2 is 2.28 bits per heavy atom. The maximum absolute atomic E-state index is 13.2. The van der Waals surface area contributed by atoms with Gasteiger partial charge in [-0.05, 0) is 25.1 Å². The third kappa shape index (κ3) is 3.00. The van der Waals surface area contributed by atoms with Gasteiger partial charge in [0.05, 0.1) is 18.4 Å². The molecule has 2 rings (SSSR count). The van der Waals surface area contributed by atoms with Crippen LogP contribution in [0.2, 0.25) is 0 Å². The van der Waals surface area contributed by atoms with Gasteiger partial charge in [0.15, 0.2) is 0 Å². The summed E-state index contributed by atoms with van der Waals surface area (Å²) in [4.78, 5) is 2.10. The number of rotatable bonds is 5. The molecule has 2 aromatic rings. The summed E-state index contributed by atoms with van der Waals surface area (Å²) in [6.45, 7) is 4.35. The molecule has 0 bridgehead atoms. The molecule has 1 aromatic carbocycles. The minimum Gasteiger partial charge on any atom is -0.396 e. The first-order valence-corrected chi connectivity index (χ1v) is 5.97. The highest BCUT2D eigenvalue weighted by Crippen LogP contribution is 2.15. The molecule has 18 heavy (non-hydrogen) atoms. The maximum Gasteiger partial charge on any atom is 0.125 e. The fourth-order valence-corrected chi connectivity index (χ4v) is 1.87. The van der Waals surface area contributed by atoms with E-state index >= 15 is 0 Å². The van der Waals surface area contributed by atoms with Crippen molar-refractivity contribution in [1.29, 1.82) is 0 Å². The van der Waals surface area contributed by atoms with Gasteiger partial charge in [-0.3, -0.25) is 4.68 Å². The molecule has 0 fully saturated rings. The van der Waals surface area contributed by atoms with Crippen molar-refractivity contribution < 1.29 is 4.39 Å². The standard InChI is InChI=1S/C13H17FN4/c1-2-17(13-5-3-4-11(14)8-13)6-7-18-10-12(15)9-16-18/h3-5,8-10H,2,6-7,15H2,1H3. The van der Waals surface area contributed by atoms with Gasteiger partial charge in [0.1, 0.15) is 5.82 Å². The molecule has 0 spiro atoms. The average molecular weight is 248 g/mol. The highest BCUT2D eigenvalue weighted by Gasteiger charge is 2.05. The largest absolute Gasteiger partial charge is 0.396 e. The molecule has 96 valence electrons. The monoisotopic (exact) mass is 248 g/mol. The van der Waals surface area contributed by atoms with Crippen molar-refractivity contribution in [2.75, 3.05) is 23.7 Å². The number of aromatic nitrogens is 2. The predicted molar refractivity (Wildman–Crippen MR) is 70.9 cm³/mol. The van der Waals surface area contributed by atoms with Crippen LogP contribution in [-0.4, -0.2) is 22.9 Å². The van der Waals surface area contributed by atoms with Gasteiger partial charge in [-0.2, -0.15) is 5.10 Å². The van der Waals surface area contributed by atoms with Gasteiger partial charge in [-0.25, -0.2) is 4.39 Å². The zero-order chi connectivity index (χ0) is 13.0. The number of nitrogen functional groups attached to an aromatic ring is 1. The van der Waals surface area contributed by atoms with E-state index in [2.05, 4.69) is 10.00 Å². The lowest BCUT2D eigenvalue weighted by atomic mass is 10.2. The summed E-state index contributed by atoms with van der Waals surface area (Å²) >= 11 is 0. The molecule has 4 nitrogen and oxygen atoms in total. The quantitative estimate of drug-likeness (QED) is 0.881. The van der Waals surface area contributed by atoms with Crippen LogP contribution in [0.3, 0.4) is 0 Å². The fourth-order valence-electron chi connectivity index (χ4n) is 1.87. The molecule has 0 unspecified atom stereocenters. The molecular weight excluding hydrogens is 231 g/mol. The summed E-state index contributed by atoms with van der Waals surface area (Å²) in [6.07, 6.45) is 3.41. The van der Waals surface area contributed by atoms with Crippen molar-refractivity contribution in [2.45, 2.75) is 13.5 Å². The Labute approximate surface area is 106 Å². The molecule has 0 saturated carbocycles. The summed E-state index contributed by atoms with van der Waals surface area (Å²) < 4.78 is 15.0. The minimum atomic E-state index is -0.214. The van der Waals surface area contributed by atoms with Gasteiger partial charge < -0.3 is 10.6 Å². The van der Waals surface area contributed by atoms with Crippen LogP contribution in [0.4, 0.5) is 15.8 Å². The Balaban J connectivity index is 2.01. The molecule has 2 N–H and O–H groups in total. The molecule has 0 aliphatic heterocycles. The van der Waals surface area contributed by atoms with Gasteiger partial charge in [0, 0.05) is 25.0 Å². The zero-order valence-electron chi connectivity index (χ0n) is 10.4. The van der Waals surface area contributed by atoms with Crippen molar-refractivity contribution in [3.8, 4) is 0 Å². The van der Waals surface area contributed by atoms with Crippen LogP contribution in [0.15, 0.2) is 36.7 Å². The van der Waals surface area contributed by atoms with Gasteiger partial charge in [-0.15, -0.1) is 0 Å². The second kappa shape index (κ2) is 5.53. The smallest absolute Gasteiger partial charge is 0.125 e. The predicted octanol–water partition coefficient (Wildman–Crippen LogP) is 2.13. The Morgan fingerprint density at radius 3 is 2.89 bits per heavy atom. The molecular formula is C13H17FN4. The Kier molecular flexibility index (Phi) is 3.82. The van der Waals surface area contributed by atoms with Crippen LogP contribution in [0.1, 0.15) is 6.92 Å². The topological polar surface area (TPSA) is 47.1 Å². The van der Waals surface area contributed by atoms with E-state index in [1.807, 2.05) is 13.0 Å². The molecule has 0 saturated heterocycles. The number of halogens is 1. The van der Waals surface area contributed by atoms with Crippen molar-refractivity contribution in [3.05, 3.63) is 42.5 Å². The van der Waals surface area contributed by atoms with E-state index in [-0.39, 0.29) is 5.82 Å². The van der Waals surface area contributed by atoms with Gasteiger partial charge >= 0.3 is 0 Å². The van der Waals surface area contributed by atoms with E-state index in [1.165, 1.54) is 6.07 Å². The summed E-state index contributed by atoms with van der Waals surface area (Å²) in [7, 11) is 0. The highest BCUT2D eigenvalue weighted by molar-refractivity contribution is 5.46. The molecule has 1 aromatic heterocycles. The lowest BCUT2D eigenvalue weighted by Gasteiger charge is -2.23. The molecule has 0 atom stereocenters. The van der Waals surface area contributed by atoms with E-state index in [0.717, 1.165) is 25.3 Å². The van der Waals surface area contributed by atoms with E-state index in [4.69, 9.17) is 5.73 Å². The molecule has 0 aliphatic carbocycles.